The van der Waals surface area contributed by atoms with Gasteiger partial charge in [-0.25, -0.2) is 4.79 Å². The Bertz CT molecular complexity index is 361. The lowest BCUT2D eigenvalue weighted by Gasteiger charge is -2.24. The van der Waals surface area contributed by atoms with Gasteiger partial charge >= 0.3 is 5.97 Å². The van der Waals surface area contributed by atoms with Gasteiger partial charge in [0.05, 0.1) is 19.8 Å². The normalized spacial score (nSPS) is 15.8. The lowest BCUT2D eigenvalue weighted by molar-refractivity contribution is -0.161. The maximum Gasteiger partial charge on any atom is 0.335 e. The Morgan fingerprint density at radius 2 is 1.89 bits per heavy atom. The molecule has 0 aliphatic heterocycles. The van der Waals surface area contributed by atoms with Crippen molar-refractivity contribution in [3.63, 3.8) is 0 Å². The van der Waals surface area contributed by atoms with E-state index in [1.165, 1.54) is 7.11 Å². The van der Waals surface area contributed by atoms with Gasteiger partial charge < -0.3 is 14.6 Å². The molecule has 3 atom stereocenters. The second-order valence-electron chi connectivity index (χ2n) is 4.34. The summed E-state index contributed by atoms with van der Waals surface area (Å²) in [4.78, 5) is 11.6. The van der Waals surface area contributed by atoms with Crippen LogP contribution in [0.4, 0.5) is 0 Å². The Hall–Kier alpha value is -1.39. The summed E-state index contributed by atoms with van der Waals surface area (Å²) in [5.41, 5.74) is 0.976. The molecule has 0 aromatic heterocycles. The van der Waals surface area contributed by atoms with Crippen LogP contribution in [0.25, 0.3) is 0 Å². The lowest BCUT2D eigenvalue weighted by Crippen LogP contribution is -2.37. The molecule has 1 N–H and O–H groups in total. The van der Waals surface area contributed by atoms with Crippen molar-refractivity contribution in [2.45, 2.75) is 32.7 Å². The van der Waals surface area contributed by atoms with Gasteiger partial charge in [0, 0.05) is 5.92 Å². The van der Waals surface area contributed by atoms with Crippen molar-refractivity contribution < 1.29 is 19.4 Å². The fraction of sp³-hybridized carbons (Fsp3) is 0.500. The van der Waals surface area contributed by atoms with Crippen molar-refractivity contribution in [1.82, 2.24) is 0 Å². The average molecular weight is 252 g/mol. The van der Waals surface area contributed by atoms with Gasteiger partial charge in [-0.1, -0.05) is 37.3 Å². The highest BCUT2D eigenvalue weighted by Gasteiger charge is 2.29. The highest BCUT2D eigenvalue weighted by molar-refractivity contribution is 5.74. The second kappa shape index (κ2) is 7.13. The minimum absolute atomic E-state index is 0.317. The summed E-state index contributed by atoms with van der Waals surface area (Å²) in [6.07, 6.45) is -1.39. The monoisotopic (exact) mass is 252 g/mol. The Morgan fingerprint density at radius 1 is 1.28 bits per heavy atom. The number of hydrogen-bond donors (Lipinski definition) is 1. The predicted octanol–water partition coefficient (Wildman–Crippen LogP) is 1.76. The summed E-state index contributed by atoms with van der Waals surface area (Å²) in [6, 6.07) is 9.57. The molecule has 0 bridgehead atoms. The van der Waals surface area contributed by atoms with Crippen LogP contribution in [-0.4, -0.2) is 30.4 Å². The lowest BCUT2D eigenvalue weighted by atomic mass is 9.99. The number of rotatable bonds is 6. The maximum absolute atomic E-state index is 11.6. The molecule has 4 nitrogen and oxygen atoms in total. The van der Waals surface area contributed by atoms with Crippen LogP contribution in [0, 0.1) is 5.92 Å². The Labute approximate surface area is 108 Å². The van der Waals surface area contributed by atoms with Gasteiger partial charge in [-0.2, -0.15) is 0 Å². The quantitative estimate of drug-likeness (QED) is 0.784. The summed E-state index contributed by atoms with van der Waals surface area (Å²) in [5.74, 6) is -0.777. The number of benzene rings is 1. The van der Waals surface area contributed by atoms with Crippen LogP contribution in [-0.2, 0) is 20.9 Å². The Morgan fingerprint density at radius 3 is 2.39 bits per heavy atom. The third-order valence-corrected chi connectivity index (χ3v) is 2.94. The van der Waals surface area contributed by atoms with Crippen molar-refractivity contribution >= 4 is 5.97 Å². The average Bonchev–Trinajstić information content (AvgIpc) is 2.39. The molecular formula is C14H20O4. The van der Waals surface area contributed by atoms with Crippen molar-refractivity contribution in [3.8, 4) is 0 Å². The van der Waals surface area contributed by atoms with E-state index in [0.717, 1.165) is 5.56 Å². The van der Waals surface area contributed by atoms with Crippen LogP contribution >= 0.6 is 0 Å². The molecule has 1 aromatic rings. The number of hydrogen-bond acceptors (Lipinski definition) is 4. The van der Waals surface area contributed by atoms with Gasteiger partial charge in [-0.15, -0.1) is 0 Å². The summed E-state index contributed by atoms with van der Waals surface area (Å²) in [5, 5.41) is 9.55. The maximum atomic E-state index is 11.6. The van der Waals surface area contributed by atoms with E-state index in [4.69, 9.17) is 9.47 Å². The van der Waals surface area contributed by atoms with Gasteiger partial charge in [-0.3, -0.25) is 0 Å². The molecule has 0 fully saturated rings. The van der Waals surface area contributed by atoms with E-state index in [-0.39, 0.29) is 5.92 Å². The standard InChI is InChI=1S/C14H20O4/c1-10(11(2)15)13(14(16)17-3)18-9-12-7-5-4-6-8-12/h4-8,10-11,13,15H,9H2,1-3H3/t10-,11+,13+/m0/s1. The van der Waals surface area contributed by atoms with E-state index in [1.54, 1.807) is 13.8 Å². The number of ether oxygens (including phenoxy) is 2. The number of esters is 1. The Kier molecular flexibility index (Phi) is 5.82. The fourth-order valence-electron chi connectivity index (χ4n) is 1.56. The molecule has 0 unspecified atom stereocenters. The van der Waals surface area contributed by atoms with E-state index in [0.29, 0.717) is 6.61 Å². The molecule has 1 aromatic carbocycles. The topological polar surface area (TPSA) is 55.8 Å². The van der Waals surface area contributed by atoms with Crippen molar-refractivity contribution in [1.29, 1.82) is 0 Å². The van der Waals surface area contributed by atoms with Crippen LogP contribution in [0.5, 0.6) is 0 Å². The smallest absolute Gasteiger partial charge is 0.335 e. The van der Waals surface area contributed by atoms with Gasteiger partial charge in [0.25, 0.3) is 0 Å². The van der Waals surface area contributed by atoms with Crippen LogP contribution in [0.15, 0.2) is 30.3 Å². The molecule has 0 aliphatic carbocycles. The third-order valence-electron chi connectivity index (χ3n) is 2.94. The highest BCUT2D eigenvalue weighted by Crippen LogP contribution is 2.16. The van der Waals surface area contributed by atoms with E-state index in [1.807, 2.05) is 30.3 Å². The molecule has 0 radical (unpaired) electrons. The first-order valence-corrected chi connectivity index (χ1v) is 5.97. The first kappa shape index (κ1) is 14.7. The zero-order chi connectivity index (χ0) is 13.5. The molecule has 0 saturated heterocycles. The van der Waals surface area contributed by atoms with E-state index in [9.17, 15) is 9.90 Å². The number of aliphatic hydroxyl groups excluding tert-OH is 1. The summed E-state index contributed by atoms with van der Waals surface area (Å²) >= 11 is 0. The molecule has 4 heteroatoms. The number of methoxy groups -OCH3 is 1. The first-order valence-electron chi connectivity index (χ1n) is 5.97. The van der Waals surface area contributed by atoms with Crippen molar-refractivity contribution in [2.75, 3.05) is 7.11 Å². The molecule has 100 valence electrons. The SMILES string of the molecule is COC(=O)[C@H](OCc1ccccc1)[C@@H](C)[C@@H](C)O. The summed E-state index contributed by atoms with van der Waals surface area (Å²) < 4.78 is 10.3. The summed E-state index contributed by atoms with van der Waals surface area (Å²) in [7, 11) is 1.32. The second-order valence-corrected chi connectivity index (χ2v) is 4.34. The number of carbonyl (C=O) groups excluding carboxylic acids is 1. The molecule has 0 heterocycles. The molecule has 0 amide bonds. The van der Waals surface area contributed by atoms with Crippen LogP contribution < -0.4 is 0 Å². The predicted molar refractivity (Wildman–Crippen MR) is 67.9 cm³/mol. The summed E-state index contributed by atoms with van der Waals surface area (Å²) in [6.45, 7) is 3.71. The van der Waals surface area contributed by atoms with E-state index < -0.39 is 18.2 Å². The molecular weight excluding hydrogens is 232 g/mol. The van der Waals surface area contributed by atoms with Gasteiger partial charge in [0.2, 0.25) is 0 Å². The molecule has 18 heavy (non-hydrogen) atoms. The van der Waals surface area contributed by atoms with E-state index in [2.05, 4.69) is 0 Å². The largest absolute Gasteiger partial charge is 0.467 e. The number of carbonyl (C=O) groups is 1. The fourth-order valence-corrected chi connectivity index (χ4v) is 1.56. The molecule has 1 rings (SSSR count). The van der Waals surface area contributed by atoms with Gasteiger partial charge in [0.1, 0.15) is 0 Å². The molecule has 0 spiro atoms. The number of aliphatic hydroxyl groups is 1. The molecule has 0 saturated carbocycles. The van der Waals surface area contributed by atoms with E-state index >= 15 is 0 Å². The van der Waals surface area contributed by atoms with Crippen molar-refractivity contribution in [2.24, 2.45) is 5.92 Å². The van der Waals surface area contributed by atoms with Crippen LogP contribution in [0.2, 0.25) is 0 Å². The zero-order valence-electron chi connectivity index (χ0n) is 11.0. The minimum Gasteiger partial charge on any atom is -0.467 e. The highest BCUT2D eigenvalue weighted by atomic mass is 16.6. The minimum atomic E-state index is -0.754. The first-order chi connectivity index (χ1) is 8.56. The Balaban J connectivity index is 2.65. The van der Waals surface area contributed by atoms with Crippen LogP contribution in [0.3, 0.4) is 0 Å². The van der Waals surface area contributed by atoms with Crippen LogP contribution in [0.1, 0.15) is 19.4 Å². The van der Waals surface area contributed by atoms with Crippen molar-refractivity contribution in [3.05, 3.63) is 35.9 Å². The third kappa shape index (κ3) is 4.13. The van der Waals surface area contributed by atoms with Gasteiger partial charge in [-0.05, 0) is 12.5 Å². The molecule has 0 aliphatic rings. The van der Waals surface area contributed by atoms with Gasteiger partial charge in [0.15, 0.2) is 6.10 Å². The zero-order valence-corrected chi connectivity index (χ0v) is 11.0.